The first-order valence-corrected chi connectivity index (χ1v) is 27.1. The number of nitrogens with one attached hydrogen (secondary N) is 8. The summed E-state index contributed by atoms with van der Waals surface area (Å²) in [6.07, 6.45) is -1.85. The van der Waals surface area contributed by atoms with Crippen LogP contribution in [0.5, 0.6) is 5.75 Å². The Kier molecular flexibility index (Phi) is 27.3. The van der Waals surface area contributed by atoms with Gasteiger partial charge in [-0.3, -0.25) is 52.7 Å². The number of phenols is 1. The molecule has 10 amide bonds. The van der Waals surface area contributed by atoms with Crippen molar-refractivity contribution in [2.24, 2.45) is 29.2 Å². The molecule has 16 N–H and O–H groups in total. The van der Waals surface area contributed by atoms with E-state index < -0.39 is 151 Å². The van der Waals surface area contributed by atoms with Crippen LogP contribution in [0.1, 0.15) is 105 Å². The standard InChI is InChI=1S/C55H81N11O16/c1-28(2)20-35(56)47(73)58-31(7)46(72)59-37(23-32-12-9-8-10-13-32)50(76)65-42(27-67)54(80)66-19-11-14-43(66)53(79)63-39(25-44(57)69)51(77)62-40(26-45(70)71)52(78)60-36(21-29(3)4)48(74)61-38(24-33-15-17-34(68)18-16-33)49(75)64-41(55(81)82)22-30(5)6/h8-10,12-13,15-18,28-31,35-43,67-68H,11,14,19-27,56H2,1-7H3,(H2,57,69)(H,58,73)(H,59,72)(H,60,78)(H,61,74)(H,62,77)(H,63,79)(H,64,75)(H,65,76)(H,70,71)(H,81,82)/t31-,35-,36-,37-,38-,39-,40-,41-,42-,43-/m0/s1. The van der Waals surface area contributed by atoms with E-state index in [-0.39, 0.29) is 68.6 Å². The first-order valence-electron chi connectivity index (χ1n) is 27.1. The number of aliphatic hydroxyl groups is 1. The molecule has 1 saturated heterocycles. The number of primary amides is 1. The number of aliphatic hydroxyl groups excluding tert-OH is 1. The van der Waals surface area contributed by atoms with Gasteiger partial charge in [0.15, 0.2) is 0 Å². The van der Waals surface area contributed by atoms with Gasteiger partial charge in [0.05, 0.1) is 25.5 Å². The van der Waals surface area contributed by atoms with Crippen molar-refractivity contribution in [3.05, 3.63) is 65.7 Å². The van der Waals surface area contributed by atoms with E-state index in [1.807, 2.05) is 13.8 Å². The van der Waals surface area contributed by atoms with Crippen molar-refractivity contribution in [2.75, 3.05) is 13.2 Å². The van der Waals surface area contributed by atoms with Crippen molar-refractivity contribution in [3.63, 3.8) is 0 Å². The van der Waals surface area contributed by atoms with E-state index in [4.69, 9.17) is 11.5 Å². The lowest BCUT2D eigenvalue weighted by Crippen LogP contribution is -2.61. The second-order valence-corrected chi connectivity index (χ2v) is 21.7. The number of rotatable bonds is 33. The molecule has 0 spiro atoms. The summed E-state index contributed by atoms with van der Waals surface area (Å²) in [5.74, 6) is -13.2. The Balaban J connectivity index is 1.83. The Morgan fingerprint density at radius 2 is 0.988 bits per heavy atom. The molecule has 452 valence electrons. The van der Waals surface area contributed by atoms with E-state index in [1.54, 1.807) is 58.0 Å². The molecule has 0 aliphatic carbocycles. The molecular weight excluding hydrogens is 1070 g/mol. The molecule has 2 aromatic carbocycles. The van der Waals surface area contributed by atoms with Gasteiger partial charge < -0.3 is 79.3 Å². The zero-order valence-electron chi connectivity index (χ0n) is 47.3. The minimum Gasteiger partial charge on any atom is -0.508 e. The number of hydrogen-bond donors (Lipinski definition) is 14. The molecule has 2 aromatic rings. The molecule has 0 unspecified atom stereocenters. The second-order valence-electron chi connectivity index (χ2n) is 21.7. The number of carboxylic acid groups (broad SMARTS) is 2. The first-order chi connectivity index (χ1) is 38.5. The molecule has 82 heavy (non-hydrogen) atoms. The van der Waals surface area contributed by atoms with Gasteiger partial charge in [0.25, 0.3) is 0 Å². The van der Waals surface area contributed by atoms with Crippen LogP contribution in [0.15, 0.2) is 54.6 Å². The van der Waals surface area contributed by atoms with Crippen LogP contribution in [0.3, 0.4) is 0 Å². The van der Waals surface area contributed by atoms with Gasteiger partial charge in [-0.2, -0.15) is 0 Å². The average molecular weight is 1150 g/mol. The maximum atomic E-state index is 14.1. The highest BCUT2D eigenvalue weighted by atomic mass is 16.4. The molecule has 1 heterocycles. The van der Waals surface area contributed by atoms with Crippen LogP contribution in [0.2, 0.25) is 0 Å². The molecule has 10 atom stereocenters. The molecular formula is C55H81N11O16. The van der Waals surface area contributed by atoms with E-state index in [0.29, 0.717) is 17.5 Å². The number of carbonyl (C=O) groups excluding carboxylic acids is 10. The van der Waals surface area contributed by atoms with Crippen molar-refractivity contribution >= 4 is 71.0 Å². The highest BCUT2D eigenvalue weighted by molar-refractivity contribution is 6.00. The van der Waals surface area contributed by atoms with Gasteiger partial charge in [-0.15, -0.1) is 0 Å². The lowest BCUT2D eigenvalue weighted by atomic mass is 9.99. The van der Waals surface area contributed by atoms with Gasteiger partial charge in [-0.1, -0.05) is 84.0 Å². The number of hydrogen-bond acceptors (Lipinski definition) is 15. The zero-order chi connectivity index (χ0) is 61.5. The Bertz CT molecular complexity index is 2570. The lowest BCUT2D eigenvalue weighted by molar-refractivity contribution is -0.144. The Morgan fingerprint density at radius 3 is 1.50 bits per heavy atom. The minimum absolute atomic E-state index is 0.0232. The fourth-order valence-corrected chi connectivity index (χ4v) is 8.94. The summed E-state index contributed by atoms with van der Waals surface area (Å²) in [6, 6.07) is -0.559. The van der Waals surface area contributed by atoms with Crippen molar-refractivity contribution in [1.82, 2.24) is 47.4 Å². The molecule has 27 nitrogen and oxygen atoms in total. The van der Waals surface area contributed by atoms with Gasteiger partial charge in [-0.25, -0.2) is 4.79 Å². The van der Waals surface area contributed by atoms with Crippen molar-refractivity contribution in [1.29, 1.82) is 0 Å². The molecule has 0 radical (unpaired) electrons. The SMILES string of the molecule is CC(C)C[C@H](NC(=O)[C@H](Cc1ccc(O)cc1)NC(=O)[C@H](CC(C)C)NC(=O)[C@H](CC(=O)O)NC(=O)[C@H](CC(N)=O)NC(=O)[C@@H]1CCCN1C(=O)[C@H](CO)NC(=O)[C@H](Cc1ccccc1)NC(=O)[C@H](C)NC(=O)[C@@H](N)CC(C)C)C(=O)O. The third-order valence-corrected chi connectivity index (χ3v) is 13.1. The van der Waals surface area contributed by atoms with Gasteiger partial charge in [0.2, 0.25) is 59.1 Å². The molecule has 3 rings (SSSR count). The summed E-state index contributed by atoms with van der Waals surface area (Å²) in [4.78, 5) is 162. The number of phenolic OH excluding ortho intramolecular Hbond substituents is 1. The maximum Gasteiger partial charge on any atom is 0.326 e. The highest BCUT2D eigenvalue weighted by Gasteiger charge is 2.41. The number of carboxylic acids is 2. The molecule has 0 bridgehead atoms. The maximum absolute atomic E-state index is 14.1. The van der Waals surface area contributed by atoms with Gasteiger partial charge >= 0.3 is 11.9 Å². The fourth-order valence-electron chi connectivity index (χ4n) is 8.94. The molecule has 0 aromatic heterocycles. The third-order valence-electron chi connectivity index (χ3n) is 13.1. The summed E-state index contributed by atoms with van der Waals surface area (Å²) in [7, 11) is 0. The van der Waals surface area contributed by atoms with Crippen molar-refractivity contribution < 1.29 is 78.0 Å². The summed E-state index contributed by atoms with van der Waals surface area (Å²) in [5.41, 5.74) is 12.5. The third kappa shape index (κ3) is 22.7. The van der Waals surface area contributed by atoms with E-state index in [0.717, 1.165) is 4.90 Å². The first kappa shape index (κ1) is 68.1. The van der Waals surface area contributed by atoms with Crippen molar-refractivity contribution in [2.45, 2.75) is 167 Å². The molecule has 0 saturated carbocycles. The smallest absolute Gasteiger partial charge is 0.326 e. The number of aromatic hydroxyl groups is 1. The van der Waals surface area contributed by atoms with E-state index in [9.17, 15) is 78.0 Å². The molecule has 1 aliphatic rings. The molecule has 1 fully saturated rings. The van der Waals surface area contributed by atoms with E-state index in [2.05, 4.69) is 42.5 Å². The lowest BCUT2D eigenvalue weighted by Gasteiger charge is -2.30. The summed E-state index contributed by atoms with van der Waals surface area (Å²) >= 11 is 0. The summed E-state index contributed by atoms with van der Waals surface area (Å²) in [5, 5.41) is 59.5. The Hall–Kier alpha value is -8.20. The van der Waals surface area contributed by atoms with Gasteiger partial charge in [-0.05, 0) is 80.0 Å². The van der Waals surface area contributed by atoms with Gasteiger partial charge in [0, 0.05) is 19.4 Å². The fraction of sp³-hybridized carbons (Fsp3) is 0.564. The number of nitrogens with two attached hydrogens (primary N) is 2. The molecule has 27 heteroatoms. The summed E-state index contributed by atoms with van der Waals surface area (Å²) < 4.78 is 0. The van der Waals surface area contributed by atoms with E-state index in [1.165, 1.54) is 31.2 Å². The van der Waals surface area contributed by atoms with Crippen LogP contribution in [0.25, 0.3) is 0 Å². The summed E-state index contributed by atoms with van der Waals surface area (Å²) in [6.45, 7) is 10.9. The average Bonchev–Trinajstić information content (AvgIpc) is 3.91. The van der Waals surface area contributed by atoms with Crippen LogP contribution in [-0.2, 0) is 70.4 Å². The van der Waals surface area contributed by atoms with Crippen LogP contribution in [0, 0.1) is 17.8 Å². The zero-order valence-corrected chi connectivity index (χ0v) is 47.3. The number of amides is 10. The number of nitrogens with zero attached hydrogens (tertiary/aromatic N) is 1. The van der Waals surface area contributed by atoms with Crippen molar-refractivity contribution in [3.8, 4) is 5.75 Å². The number of likely N-dealkylation sites (tertiary alicyclic amines) is 1. The number of aliphatic carboxylic acids is 2. The normalized spacial score (nSPS) is 16.4. The number of carbonyl (C=O) groups is 12. The Labute approximate surface area is 475 Å². The monoisotopic (exact) mass is 1150 g/mol. The van der Waals surface area contributed by atoms with Crippen LogP contribution >= 0.6 is 0 Å². The topological polar surface area (TPSA) is 437 Å². The van der Waals surface area contributed by atoms with Gasteiger partial charge in [0.1, 0.15) is 60.1 Å². The quantitative estimate of drug-likeness (QED) is 0.0366. The highest BCUT2D eigenvalue weighted by Crippen LogP contribution is 2.20. The predicted molar refractivity (Wildman–Crippen MR) is 295 cm³/mol. The largest absolute Gasteiger partial charge is 0.508 e. The van der Waals surface area contributed by atoms with Crippen LogP contribution in [0.4, 0.5) is 0 Å². The predicted octanol–water partition coefficient (Wildman–Crippen LogP) is -2.04. The van der Waals surface area contributed by atoms with E-state index >= 15 is 0 Å². The minimum atomic E-state index is -1.98. The number of benzene rings is 2. The van der Waals surface area contributed by atoms with Crippen LogP contribution < -0.4 is 54.0 Å². The Morgan fingerprint density at radius 1 is 0.537 bits per heavy atom. The second kappa shape index (κ2) is 32.9. The van der Waals surface area contributed by atoms with Crippen LogP contribution in [-0.4, -0.2) is 170 Å². The molecule has 1 aliphatic heterocycles.